The van der Waals surface area contributed by atoms with Crippen LogP contribution >= 0.6 is 0 Å². The molecule has 0 atom stereocenters. The Balaban J connectivity index is 2.08. The third-order valence-corrected chi connectivity index (χ3v) is 5.16. The zero-order valence-corrected chi connectivity index (χ0v) is 17.1. The Labute approximate surface area is 176 Å². The van der Waals surface area contributed by atoms with Crippen LogP contribution in [0.3, 0.4) is 0 Å². The lowest BCUT2D eigenvalue weighted by Crippen LogP contribution is -2.13. The lowest BCUT2D eigenvalue weighted by molar-refractivity contribution is -0.138. The van der Waals surface area contributed by atoms with Gasteiger partial charge in [0.25, 0.3) is 5.56 Å². The smallest absolute Gasteiger partial charge is 0.420 e. The van der Waals surface area contributed by atoms with E-state index in [2.05, 4.69) is 9.97 Å². The van der Waals surface area contributed by atoms with Crippen LogP contribution in [0.4, 0.5) is 13.2 Å². The Bertz CT molecular complexity index is 1340. The van der Waals surface area contributed by atoms with Crippen molar-refractivity contribution in [2.75, 3.05) is 7.11 Å². The molecule has 0 spiro atoms. The number of nitrogens with zero attached hydrogens (tertiary/aromatic N) is 1. The summed E-state index contributed by atoms with van der Waals surface area (Å²) in [5.41, 5.74) is 2.16. The zero-order valence-electron chi connectivity index (χ0n) is 17.1. The summed E-state index contributed by atoms with van der Waals surface area (Å²) in [4.78, 5) is 19.6. The quantitative estimate of drug-likeness (QED) is 0.445. The molecule has 2 aromatic carbocycles. The maximum Gasteiger partial charge on any atom is 0.420 e. The minimum absolute atomic E-state index is 0.0971. The van der Waals surface area contributed by atoms with Crippen molar-refractivity contribution in [2.24, 2.45) is 0 Å². The molecule has 2 heterocycles. The SMILES string of the molecule is COc1c(C(F)(F)F)cc(-c2ccc(C)[nH]c2=O)c2ncc(-c3ccc(C)cc3)cc12. The molecule has 0 aliphatic rings. The van der Waals surface area contributed by atoms with E-state index in [1.165, 1.54) is 13.2 Å². The first-order chi connectivity index (χ1) is 14.7. The number of rotatable bonds is 3. The van der Waals surface area contributed by atoms with E-state index >= 15 is 0 Å². The van der Waals surface area contributed by atoms with E-state index in [1.807, 2.05) is 31.2 Å². The van der Waals surface area contributed by atoms with Crippen molar-refractivity contribution >= 4 is 10.9 Å². The van der Waals surface area contributed by atoms with Gasteiger partial charge in [-0.1, -0.05) is 29.8 Å². The van der Waals surface area contributed by atoms with Crippen LogP contribution in [0, 0.1) is 13.8 Å². The number of hydrogen-bond acceptors (Lipinski definition) is 3. The number of alkyl halides is 3. The number of benzene rings is 2. The predicted octanol–water partition coefficient (Wildman–Crippen LogP) is 5.90. The highest BCUT2D eigenvalue weighted by Gasteiger charge is 2.36. The van der Waals surface area contributed by atoms with Gasteiger partial charge in [-0.2, -0.15) is 13.2 Å². The van der Waals surface area contributed by atoms with Crippen molar-refractivity contribution in [1.29, 1.82) is 0 Å². The first-order valence-electron chi connectivity index (χ1n) is 9.54. The summed E-state index contributed by atoms with van der Waals surface area (Å²) < 4.78 is 46.9. The van der Waals surface area contributed by atoms with Crippen LogP contribution < -0.4 is 10.3 Å². The van der Waals surface area contributed by atoms with Gasteiger partial charge >= 0.3 is 6.18 Å². The average molecular weight is 424 g/mol. The summed E-state index contributed by atoms with van der Waals surface area (Å²) >= 11 is 0. The Morgan fingerprint density at radius 3 is 2.26 bits per heavy atom. The first kappa shape index (κ1) is 20.7. The maximum atomic E-state index is 13.9. The van der Waals surface area contributed by atoms with E-state index in [4.69, 9.17) is 4.74 Å². The molecule has 0 radical (unpaired) electrons. The maximum absolute atomic E-state index is 13.9. The molecule has 1 N–H and O–H groups in total. The van der Waals surface area contributed by atoms with Gasteiger partial charge in [0.1, 0.15) is 5.75 Å². The largest absolute Gasteiger partial charge is 0.495 e. The lowest BCUT2D eigenvalue weighted by atomic mass is 9.96. The molecule has 0 aliphatic heterocycles. The summed E-state index contributed by atoms with van der Waals surface area (Å²) in [6, 6.07) is 13.3. The molecule has 31 heavy (non-hydrogen) atoms. The van der Waals surface area contributed by atoms with Gasteiger partial charge in [-0.3, -0.25) is 9.78 Å². The highest BCUT2D eigenvalue weighted by Crippen LogP contribution is 2.44. The van der Waals surface area contributed by atoms with Gasteiger partial charge in [-0.15, -0.1) is 0 Å². The number of hydrogen-bond donors (Lipinski definition) is 1. The van der Waals surface area contributed by atoms with E-state index in [-0.39, 0.29) is 27.8 Å². The van der Waals surface area contributed by atoms with Crippen LogP contribution in [0.1, 0.15) is 16.8 Å². The second kappa shape index (κ2) is 7.58. The summed E-state index contributed by atoms with van der Waals surface area (Å²) in [6.07, 6.45) is -3.09. The van der Waals surface area contributed by atoms with Crippen molar-refractivity contribution in [2.45, 2.75) is 20.0 Å². The van der Waals surface area contributed by atoms with Gasteiger partial charge in [0, 0.05) is 34.0 Å². The van der Waals surface area contributed by atoms with E-state index < -0.39 is 17.3 Å². The van der Waals surface area contributed by atoms with E-state index in [0.29, 0.717) is 11.3 Å². The number of H-pyrrole nitrogens is 1. The molecule has 0 amide bonds. The summed E-state index contributed by atoms with van der Waals surface area (Å²) in [7, 11) is 1.20. The minimum atomic E-state index is -4.67. The molecule has 7 heteroatoms. The van der Waals surface area contributed by atoms with Crippen molar-refractivity contribution in [3.63, 3.8) is 0 Å². The number of methoxy groups -OCH3 is 1. The van der Waals surface area contributed by atoms with E-state index in [1.54, 1.807) is 25.3 Å². The lowest BCUT2D eigenvalue weighted by Gasteiger charge is -2.18. The van der Waals surface area contributed by atoms with E-state index in [9.17, 15) is 18.0 Å². The van der Waals surface area contributed by atoms with Crippen molar-refractivity contribution in [1.82, 2.24) is 9.97 Å². The Morgan fingerprint density at radius 2 is 1.65 bits per heavy atom. The number of nitrogens with one attached hydrogen (secondary N) is 1. The molecule has 2 aromatic heterocycles. The molecule has 0 bridgehead atoms. The van der Waals surface area contributed by atoms with Crippen LogP contribution in [-0.4, -0.2) is 17.1 Å². The second-order valence-electron chi connectivity index (χ2n) is 7.37. The number of aryl methyl sites for hydroxylation is 2. The number of aromatic amines is 1. The van der Waals surface area contributed by atoms with Gasteiger partial charge in [0.15, 0.2) is 0 Å². The molecule has 0 fully saturated rings. The summed E-state index contributed by atoms with van der Waals surface area (Å²) in [5.74, 6) is -0.323. The number of pyridine rings is 2. The standard InChI is InChI=1S/C24H19F3N2O2/c1-13-4-7-15(8-5-13)16-10-19-21(28-12-16)18(17-9-6-14(2)29-23(17)30)11-20(22(19)31-3)24(25,26)27/h4-12H,1-3H3,(H,29,30). The van der Waals surface area contributed by atoms with E-state index in [0.717, 1.165) is 17.2 Å². The molecule has 0 aliphatic carbocycles. The molecule has 4 nitrogen and oxygen atoms in total. The number of fused-ring (bicyclic) bond motifs is 1. The Hall–Kier alpha value is -3.61. The second-order valence-corrected chi connectivity index (χ2v) is 7.37. The average Bonchev–Trinajstić information content (AvgIpc) is 2.72. The topological polar surface area (TPSA) is 55.0 Å². The van der Waals surface area contributed by atoms with Crippen LogP contribution in [0.15, 0.2) is 59.5 Å². The number of aromatic nitrogens is 2. The number of ether oxygens (including phenoxy) is 1. The van der Waals surface area contributed by atoms with Gasteiger partial charge in [-0.25, -0.2) is 0 Å². The highest BCUT2D eigenvalue weighted by atomic mass is 19.4. The highest BCUT2D eigenvalue weighted by molar-refractivity contribution is 6.00. The van der Waals surface area contributed by atoms with Crippen molar-refractivity contribution < 1.29 is 17.9 Å². The molecule has 0 saturated heterocycles. The summed E-state index contributed by atoms with van der Waals surface area (Å²) in [6.45, 7) is 3.65. The third kappa shape index (κ3) is 3.79. The molecule has 0 saturated carbocycles. The first-order valence-corrected chi connectivity index (χ1v) is 9.54. The fraction of sp³-hybridized carbons (Fsp3) is 0.167. The van der Waals surface area contributed by atoms with Crippen LogP contribution in [-0.2, 0) is 6.18 Å². The summed E-state index contributed by atoms with van der Waals surface area (Å²) in [5, 5.41) is 0.186. The number of halogens is 3. The van der Waals surface area contributed by atoms with Crippen LogP contribution in [0.5, 0.6) is 5.75 Å². The van der Waals surface area contributed by atoms with Gasteiger partial charge in [0.2, 0.25) is 0 Å². The molecule has 158 valence electrons. The minimum Gasteiger partial charge on any atom is -0.495 e. The van der Waals surface area contributed by atoms with Gasteiger partial charge in [-0.05, 0) is 43.7 Å². The normalized spacial score (nSPS) is 11.7. The van der Waals surface area contributed by atoms with Gasteiger partial charge in [0.05, 0.1) is 18.2 Å². The molecule has 0 unspecified atom stereocenters. The van der Waals surface area contributed by atoms with Crippen LogP contribution in [0.25, 0.3) is 33.2 Å². The van der Waals surface area contributed by atoms with Crippen molar-refractivity contribution in [3.8, 4) is 28.0 Å². The molecular weight excluding hydrogens is 405 g/mol. The monoisotopic (exact) mass is 424 g/mol. The van der Waals surface area contributed by atoms with Gasteiger partial charge < -0.3 is 9.72 Å². The Kier molecular flexibility index (Phi) is 5.05. The van der Waals surface area contributed by atoms with Crippen molar-refractivity contribution in [3.05, 3.63) is 81.9 Å². The fourth-order valence-corrected chi connectivity index (χ4v) is 3.60. The van der Waals surface area contributed by atoms with Crippen LogP contribution in [0.2, 0.25) is 0 Å². The molecule has 4 aromatic rings. The fourth-order valence-electron chi connectivity index (χ4n) is 3.60. The molecular formula is C24H19F3N2O2. The Morgan fingerprint density at radius 1 is 0.935 bits per heavy atom. The zero-order chi connectivity index (χ0) is 22.3. The predicted molar refractivity (Wildman–Crippen MR) is 114 cm³/mol. The third-order valence-electron chi connectivity index (χ3n) is 5.16. The molecule has 4 rings (SSSR count).